The number of anilines is 1. The summed E-state index contributed by atoms with van der Waals surface area (Å²) in [7, 11) is 1.75. The van der Waals surface area contributed by atoms with Crippen LogP contribution in [0.25, 0.3) is 0 Å². The second-order valence-electron chi connectivity index (χ2n) is 4.77. The molecule has 2 saturated heterocycles. The molecule has 2 N–H and O–H groups in total. The summed E-state index contributed by atoms with van der Waals surface area (Å²) in [5.74, 6) is -0.188. The lowest BCUT2D eigenvalue weighted by molar-refractivity contribution is -0.134. The van der Waals surface area contributed by atoms with E-state index in [1.807, 2.05) is 0 Å². The molecule has 8 nitrogen and oxygen atoms in total. The summed E-state index contributed by atoms with van der Waals surface area (Å²) in [4.78, 5) is 25.7. The van der Waals surface area contributed by atoms with Crippen LogP contribution >= 0.6 is 11.3 Å². The van der Waals surface area contributed by atoms with Crippen LogP contribution in [-0.4, -0.2) is 52.8 Å². The fourth-order valence-electron chi connectivity index (χ4n) is 2.43. The monoisotopic (exact) mass is 297 g/mol. The standard InChI is InChI=1S/C11H15N5O3S/c1-12-9-15-14-7(20-9)6-16-8(17)11(13-10(16)18)2-4-19-5-3-11/h2-6H2,1H3,(H,12,15)(H,13,18). The van der Waals surface area contributed by atoms with E-state index in [1.54, 1.807) is 7.05 Å². The van der Waals surface area contributed by atoms with Gasteiger partial charge in [-0.05, 0) is 0 Å². The molecule has 0 saturated carbocycles. The zero-order valence-corrected chi connectivity index (χ0v) is 11.8. The lowest BCUT2D eigenvalue weighted by Gasteiger charge is -2.30. The lowest BCUT2D eigenvalue weighted by atomic mass is 9.90. The van der Waals surface area contributed by atoms with Gasteiger partial charge in [-0.25, -0.2) is 4.79 Å². The average Bonchev–Trinajstić information content (AvgIpc) is 3.00. The Hall–Kier alpha value is -1.74. The van der Waals surface area contributed by atoms with Crippen molar-refractivity contribution < 1.29 is 14.3 Å². The molecule has 0 aromatic carbocycles. The fraction of sp³-hybridized carbons (Fsp3) is 0.636. The number of nitrogens with zero attached hydrogens (tertiary/aromatic N) is 3. The number of hydrogen-bond donors (Lipinski definition) is 2. The molecule has 1 aromatic rings. The number of carbonyl (C=O) groups is 2. The molecule has 2 fully saturated rings. The molecule has 3 amide bonds. The maximum absolute atomic E-state index is 12.5. The second kappa shape index (κ2) is 4.98. The lowest BCUT2D eigenvalue weighted by Crippen LogP contribution is -2.51. The number of rotatable bonds is 3. The van der Waals surface area contributed by atoms with Crippen molar-refractivity contribution in [3.8, 4) is 0 Å². The van der Waals surface area contributed by atoms with Crippen molar-refractivity contribution in [2.45, 2.75) is 24.9 Å². The van der Waals surface area contributed by atoms with Crippen molar-refractivity contribution in [1.82, 2.24) is 20.4 Å². The van der Waals surface area contributed by atoms with Crippen molar-refractivity contribution >= 4 is 28.4 Å². The van der Waals surface area contributed by atoms with Crippen molar-refractivity contribution in [3.63, 3.8) is 0 Å². The van der Waals surface area contributed by atoms with Gasteiger partial charge in [-0.2, -0.15) is 0 Å². The Labute approximate surface area is 119 Å². The average molecular weight is 297 g/mol. The Morgan fingerprint density at radius 2 is 2.15 bits per heavy atom. The van der Waals surface area contributed by atoms with E-state index in [-0.39, 0.29) is 18.5 Å². The van der Waals surface area contributed by atoms with Crippen molar-refractivity contribution in [2.75, 3.05) is 25.6 Å². The minimum atomic E-state index is -0.786. The van der Waals surface area contributed by atoms with Gasteiger partial charge in [-0.3, -0.25) is 9.69 Å². The van der Waals surface area contributed by atoms with Gasteiger partial charge < -0.3 is 15.4 Å². The van der Waals surface area contributed by atoms with Crippen LogP contribution in [0.4, 0.5) is 9.93 Å². The summed E-state index contributed by atoms with van der Waals surface area (Å²) in [5.41, 5.74) is -0.786. The summed E-state index contributed by atoms with van der Waals surface area (Å²) in [6.07, 6.45) is 1.04. The first-order valence-corrected chi connectivity index (χ1v) is 7.18. The number of imide groups is 1. The van der Waals surface area contributed by atoms with Crippen LogP contribution in [0.5, 0.6) is 0 Å². The summed E-state index contributed by atoms with van der Waals surface area (Å²) in [5, 5.41) is 14.8. The molecule has 1 aromatic heterocycles. The van der Waals surface area contributed by atoms with Gasteiger partial charge in [-0.15, -0.1) is 10.2 Å². The van der Waals surface area contributed by atoms with Crippen LogP contribution in [0, 0.1) is 0 Å². The van der Waals surface area contributed by atoms with Crippen LogP contribution in [0.3, 0.4) is 0 Å². The fourth-order valence-corrected chi connectivity index (χ4v) is 3.11. The maximum atomic E-state index is 12.5. The Morgan fingerprint density at radius 1 is 1.40 bits per heavy atom. The van der Waals surface area contributed by atoms with Crippen LogP contribution in [-0.2, 0) is 16.1 Å². The highest BCUT2D eigenvalue weighted by Crippen LogP contribution is 2.29. The first-order valence-electron chi connectivity index (χ1n) is 6.37. The number of amides is 3. The van der Waals surface area contributed by atoms with E-state index in [4.69, 9.17) is 4.74 Å². The van der Waals surface area contributed by atoms with Crippen LogP contribution < -0.4 is 10.6 Å². The predicted octanol–water partition coefficient (Wildman–Crippen LogP) is 0.181. The topological polar surface area (TPSA) is 96.5 Å². The molecule has 3 heterocycles. The quantitative estimate of drug-likeness (QED) is 0.773. The third-order valence-electron chi connectivity index (χ3n) is 3.57. The van der Waals surface area contributed by atoms with E-state index in [0.29, 0.717) is 36.2 Å². The van der Waals surface area contributed by atoms with Crippen LogP contribution in [0.15, 0.2) is 0 Å². The minimum absolute atomic E-state index is 0.159. The molecule has 0 unspecified atom stereocenters. The first kappa shape index (κ1) is 13.3. The molecule has 2 aliphatic rings. The van der Waals surface area contributed by atoms with Gasteiger partial charge >= 0.3 is 6.03 Å². The molecule has 3 rings (SSSR count). The summed E-state index contributed by atoms with van der Waals surface area (Å²) in [6.45, 7) is 1.14. The normalized spacial score (nSPS) is 21.4. The largest absolute Gasteiger partial charge is 0.381 e. The Kier molecular flexibility index (Phi) is 3.30. The smallest absolute Gasteiger partial charge is 0.325 e. The highest BCUT2D eigenvalue weighted by Gasteiger charge is 2.51. The maximum Gasteiger partial charge on any atom is 0.325 e. The number of aromatic nitrogens is 2. The Morgan fingerprint density at radius 3 is 2.80 bits per heavy atom. The SMILES string of the molecule is CNc1nnc(CN2C(=O)NC3(CCOCC3)C2=O)s1. The van der Waals surface area contributed by atoms with E-state index in [1.165, 1.54) is 16.2 Å². The van der Waals surface area contributed by atoms with Crippen LogP contribution in [0.2, 0.25) is 0 Å². The number of carbonyl (C=O) groups excluding carboxylic acids is 2. The zero-order chi connectivity index (χ0) is 14.2. The van der Waals surface area contributed by atoms with Crippen molar-refractivity contribution in [3.05, 3.63) is 5.01 Å². The Balaban J connectivity index is 1.76. The van der Waals surface area contributed by atoms with Crippen molar-refractivity contribution in [1.29, 1.82) is 0 Å². The zero-order valence-electron chi connectivity index (χ0n) is 11.0. The van der Waals surface area contributed by atoms with E-state index < -0.39 is 5.54 Å². The highest BCUT2D eigenvalue weighted by atomic mass is 32.1. The van der Waals surface area contributed by atoms with Gasteiger partial charge in [0.05, 0.1) is 6.54 Å². The van der Waals surface area contributed by atoms with Gasteiger partial charge in [-0.1, -0.05) is 11.3 Å². The molecule has 0 bridgehead atoms. The summed E-state index contributed by atoms with van der Waals surface area (Å²) >= 11 is 1.33. The van der Waals surface area contributed by atoms with E-state index in [2.05, 4.69) is 20.8 Å². The second-order valence-corrected chi connectivity index (χ2v) is 5.83. The number of nitrogens with one attached hydrogen (secondary N) is 2. The molecular formula is C11H15N5O3S. The van der Waals surface area contributed by atoms with Gasteiger partial charge in [0.25, 0.3) is 5.91 Å². The van der Waals surface area contributed by atoms with E-state index >= 15 is 0 Å². The molecule has 9 heteroatoms. The Bertz CT molecular complexity index is 540. The predicted molar refractivity (Wildman–Crippen MR) is 71.3 cm³/mol. The number of hydrogen-bond acceptors (Lipinski definition) is 7. The van der Waals surface area contributed by atoms with Gasteiger partial charge in [0, 0.05) is 33.1 Å². The first-order chi connectivity index (χ1) is 9.64. The molecule has 108 valence electrons. The molecule has 1 spiro atoms. The van der Waals surface area contributed by atoms with E-state index in [0.717, 1.165) is 0 Å². The summed E-state index contributed by atoms with van der Waals surface area (Å²) < 4.78 is 5.26. The van der Waals surface area contributed by atoms with Gasteiger partial charge in [0.1, 0.15) is 10.5 Å². The molecule has 2 aliphatic heterocycles. The number of ether oxygens (including phenoxy) is 1. The molecular weight excluding hydrogens is 282 g/mol. The highest BCUT2D eigenvalue weighted by molar-refractivity contribution is 7.15. The molecule has 20 heavy (non-hydrogen) atoms. The third kappa shape index (κ3) is 2.12. The molecule has 0 radical (unpaired) electrons. The van der Waals surface area contributed by atoms with Crippen LogP contribution in [0.1, 0.15) is 17.8 Å². The van der Waals surface area contributed by atoms with E-state index in [9.17, 15) is 9.59 Å². The van der Waals surface area contributed by atoms with Crippen molar-refractivity contribution in [2.24, 2.45) is 0 Å². The minimum Gasteiger partial charge on any atom is -0.381 e. The van der Waals surface area contributed by atoms with Gasteiger partial charge in [0.15, 0.2) is 0 Å². The van der Waals surface area contributed by atoms with Gasteiger partial charge in [0.2, 0.25) is 5.13 Å². The molecule has 0 aliphatic carbocycles. The summed E-state index contributed by atoms with van der Waals surface area (Å²) in [6, 6.07) is -0.363. The number of urea groups is 1. The molecule has 0 atom stereocenters. The third-order valence-corrected chi connectivity index (χ3v) is 4.49.